The molecule has 0 spiro atoms. The van der Waals surface area contributed by atoms with E-state index in [4.69, 9.17) is 0 Å². The van der Waals surface area contributed by atoms with Crippen LogP contribution in [-0.2, 0) is 0 Å². The predicted molar refractivity (Wildman–Crippen MR) is 83.4 cm³/mol. The number of nitrogens with one attached hydrogen (secondary N) is 1. The molecule has 0 radical (unpaired) electrons. The van der Waals surface area contributed by atoms with Gasteiger partial charge in [-0.3, -0.25) is 0 Å². The maximum atomic E-state index is 13.9. The maximum absolute atomic E-state index is 13.9. The Balaban J connectivity index is 2.63. The molecule has 1 rings (SSSR count). The number of nitrogens with zero attached hydrogens (tertiary/aromatic N) is 2. The summed E-state index contributed by atoms with van der Waals surface area (Å²) < 4.78 is 13.9. The highest BCUT2D eigenvalue weighted by molar-refractivity contribution is 5.21. The first kappa shape index (κ1) is 17.1. The summed E-state index contributed by atoms with van der Waals surface area (Å²) in [6.45, 7) is 5.16. The topological polar surface area (TPSA) is 18.5 Å². The molecular formula is C16H28FN3. The lowest BCUT2D eigenvalue weighted by molar-refractivity contribution is 0.228. The minimum Gasteiger partial charge on any atom is -0.313 e. The van der Waals surface area contributed by atoms with Crippen LogP contribution in [0.3, 0.4) is 0 Å². The van der Waals surface area contributed by atoms with Crippen molar-refractivity contribution in [1.82, 2.24) is 15.1 Å². The third kappa shape index (κ3) is 5.19. The van der Waals surface area contributed by atoms with Crippen LogP contribution in [0.25, 0.3) is 0 Å². The highest BCUT2D eigenvalue weighted by Gasteiger charge is 2.21. The van der Waals surface area contributed by atoms with Crippen molar-refractivity contribution in [1.29, 1.82) is 0 Å². The standard InChI is InChI=1S/C16H28FN3/c1-13(12-20(5)11-10-19(3)4)16(18-2)14-8-6-7-9-15(14)17/h6-9,13,16,18H,10-12H2,1-5H3. The molecule has 0 amide bonds. The van der Waals surface area contributed by atoms with E-state index in [0.717, 1.165) is 25.2 Å². The van der Waals surface area contributed by atoms with Crippen molar-refractivity contribution >= 4 is 0 Å². The van der Waals surface area contributed by atoms with Gasteiger partial charge in [-0.2, -0.15) is 0 Å². The lowest BCUT2D eigenvalue weighted by Gasteiger charge is -2.29. The number of halogens is 1. The lowest BCUT2D eigenvalue weighted by Crippen LogP contribution is -2.36. The Morgan fingerprint density at radius 3 is 2.35 bits per heavy atom. The van der Waals surface area contributed by atoms with Gasteiger partial charge in [0.2, 0.25) is 0 Å². The Kier molecular flexibility index (Phi) is 7.13. The van der Waals surface area contributed by atoms with Gasteiger partial charge < -0.3 is 15.1 Å². The van der Waals surface area contributed by atoms with Gasteiger partial charge in [0.25, 0.3) is 0 Å². The van der Waals surface area contributed by atoms with Crippen LogP contribution in [0.5, 0.6) is 0 Å². The molecule has 4 heteroatoms. The predicted octanol–water partition coefficient (Wildman–Crippen LogP) is 2.22. The van der Waals surface area contributed by atoms with E-state index < -0.39 is 0 Å². The highest BCUT2D eigenvalue weighted by atomic mass is 19.1. The fourth-order valence-electron chi connectivity index (χ4n) is 2.53. The Morgan fingerprint density at radius 2 is 1.80 bits per heavy atom. The van der Waals surface area contributed by atoms with Crippen LogP contribution in [0.1, 0.15) is 18.5 Å². The Morgan fingerprint density at radius 1 is 1.15 bits per heavy atom. The maximum Gasteiger partial charge on any atom is 0.127 e. The molecule has 114 valence electrons. The summed E-state index contributed by atoms with van der Waals surface area (Å²) in [5.41, 5.74) is 0.753. The smallest absolute Gasteiger partial charge is 0.127 e. The van der Waals surface area contributed by atoms with Crippen molar-refractivity contribution in [2.75, 3.05) is 47.8 Å². The summed E-state index contributed by atoms with van der Waals surface area (Å²) in [6.07, 6.45) is 0. The lowest BCUT2D eigenvalue weighted by atomic mass is 9.93. The fraction of sp³-hybridized carbons (Fsp3) is 0.625. The molecule has 2 unspecified atom stereocenters. The first-order valence-electron chi connectivity index (χ1n) is 7.20. The summed E-state index contributed by atoms with van der Waals surface area (Å²) in [6, 6.07) is 7.07. The second-order valence-electron chi connectivity index (χ2n) is 5.83. The third-order valence-corrected chi connectivity index (χ3v) is 3.65. The molecule has 0 fully saturated rings. The van der Waals surface area contributed by atoms with Crippen LogP contribution in [0.4, 0.5) is 4.39 Å². The van der Waals surface area contributed by atoms with Crippen LogP contribution >= 0.6 is 0 Å². The first-order valence-corrected chi connectivity index (χ1v) is 7.20. The fourth-order valence-corrected chi connectivity index (χ4v) is 2.53. The van der Waals surface area contributed by atoms with Gasteiger partial charge in [0, 0.05) is 31.2 Å². The minimum absolute atomic E-state index is 0.0398. The zero-order valence-electron chi connectivity index (χ0n) is 13.4. The molecule has 1 aromatic carbocycles. The van der Waals surface area contributed by atoms with Gasteiger partial charge in [0.1, 0.15) is 5.82 Å². The average molecular weight is 281 g/mol. The number of hydrogen-bond acceptors (Lipinski definition) is 3. The van der Waals surface area contributed by atoms with Crippen LogP contribution < -0.4 is 5.32 Å². The van der Waals surface area contributed by atoms with E-state index in [1.165, 1.54) is 6.07 Å². The molecule has 3 nitrogen and oxygen atoms in total. The molecule has 0 aliphatic rings. The van der Waals surface area contributed by atoms with E-state index in [9.17, 15) is 4.39 Å². The van der Waals surface area contributed by atoms with Crippen molar-refractivity contribution in [3.63, 3.8) is 0 Å². The Bertz CT molecular complexity index is 395. The summed E-state index contributed by atoms with van der Waals surface area (Å²) in [5.74, 6) is 0.207. The quantitative estimate of drug-likeness (QED) is 0.788. The molecule has 1 N–H and O–H groups in total. The summed E-state index contributed by atoms with van der Waals surface area (Å²) in [7, 11) is 8.17. The van der Waals surface area contributed by atoms with Crippen LogP contribution in [0.2, 0.25) is 0 Å². The minimum atomic E-state index is -0.130. The van der Waals surface area contributed by atoms with E-state index in [1.807, 2.05) is 19.2 Å². The number of benzene rings is 1. The van der Waals surface area contributed by atoms with Crippen LogP contribution in [0, 0.1) is 11.7 Å². The van der Waals surface area contributed by atoms with Crippen molar-refractivity contribution in [2.24, 2.45) is 5.92 Å². The zero-order valence-corrected chi connectivity index (χ0v) is 13.4. The van der Waals surface area contributed by atoms with Crippen molar-refractivity contribution < 1.29 is 4.39 Å². The van der Waals surface area contributed by atoms with Gasteiger partial charge in [0.05, 0.1) is 0 Å². The van der Waals surface area contributed by atoms with Gasteiger partial charge in [-0.1, -0.05) is 25.1 Å². The SMILES string of the molecule is CNC(c1ccccc1F)C(C)CN(C)CCN(C)C. The largest absolute Gasteiger partial charge is 0.313 e. The molecule has 0 saturated carbocycles. The van der Waals surface area contributed by atoms with Crippen molar-refractivity contribution in [3.05, 3.63) is 35.6 Å². The van der Waals surface area contributed by atoms with E-state index in [1.54, 1.807) is 6.07 Å². The van der Waals surface area contributed by atoms with E-state index in [0.29, 0.717) is 5.92 Å². The third-order valence-electron chi connectivity index (χ3n) is 3.65. The summed E-state index contributed by atoms with van der Waals surface area (Å²) >= 11 is 0. The van der Waals surface area contributed by atoms with Crippen molar-refractivity contribution in [2.45, 2.75) is 13.0 Å². The molecule has 0 aliphatic carbocycles. The molecule has 0 aromatic heterocycles. The van der Waals surface area contributed by atoms with Gasteiger partial charge in [-0.05, 0) is 40.2 Å². The molecule has 0 aliphatic heterocycles. The molecule has 0 bridgehead atoms. The van der Waals surface area contributed by atoms with Gasteiger partial charge in [-0.15, -0.1) is 0 Å². The Labute approximate surface area is 122 Å². The molecular weight excluding hydrogens is 253 g/mol. The summed E-state index contributed by atoms with van der Waals surface area (Å²) in [4.78, 5) is 4.48. The second-order valence-corrected chi connectivity index (χ2v) is 5.83. The normalized spacial score (nSPS) is 14.8. The highest BCUT2D eigenvalue weighted by Crippen LogP contribution is 2.24. The number of hydrogen-bond donors (Lipinski definition) is 1. The molecule has 0 heterocycles. The number of likely N-dealkylation sites (N-methyl/N-ethyl adjacent to an activating group) is 2. The van der Waals surface area contributed by atoms with Gasteiger partial charge in [0.15, 0.2) is 0 Å². The number of rotatable bonds is 8. The van der Waals surface area contributed by atoms with Crippen LogP contribution in [-0.4, -0.2) is 57.6 Å². The van der Waals surface area contributed by atoms with Crippen molar-refractivity contribution in [3.8, 4) is 0 Å². The molecule has 0 saturated heterocycles. The monoisotopic (exact) mass is 281 g/mol. The van der Waals surface area contributed by atoms with E-state index in [-0.39, 0.29) is 11.9 Å². The molecule has 2 atom stereocenters. The van der Waals surface area contributed by atoms with E-state index >= 15 is 0 Å². The molecule has 1 aromatic rings. The average Bonchev–Trinajstić information content (AvgIpc) is 2.39. The van der Waals surface area contributed by atoms with Gasteiger partial charge >= 0.3 is 0 Å². The van der Waals surface area contributed by atoms with Gasteiger partial charge in [-0.25, -0.2) is 4.39 Å². The zero-order chi connectivity index (χ0) is 15.1. The summed E-state index contributed by atoms with van der Waals surface area (Å²) in [5, 5.41) is 3.25. The second kappa shape index (κ2) is 8.35. The van der Waals surface area contributed by atoms with E-state index in [2.05, 4.69) is 43.2 Å². The Hall–Kier alpha value is -0.970. The molecule has 20 heavy (non-hydrogen) atoms. The van der Waals surface area contributed by atoms with Crippen LogP contribution in [0.15, 0.2) is 24.3 Å². The first-order chi connectivity index (χ1) is 9.45.